The number of para-hydroxylation sites is 2. The van der Waals surface area contributed by atoms with E-state index in [0.29, 0.717) is 11.4 Å². The van der Waals surface area contributed by atoms with Gasteiger partial charge in [-0.3, -0.25) is 14.4 Å². The SMILES string of the molecule is Cc1ccc(S(=O)(=O)N2CCN(C(=O)CCC(=O)N3CC(=O)Nc4ccccc43)CC2)cc1. The van der Waals surface area contributed by atoms with Gasteiger partial charge in [0, 0.05) is 39.0 Å². The number of hydrogen-bond acceptors (Lipinski definition) is 5. The van der Waals surface area contributed by atoms with Gasteiger partial charge in [-0.1, -0.05) is 29.8 Å². The van der Waals surface area contributed by atoms with Crippen molar-refractivity contribution in [2.24, 2.45) is 0 Å². The number of aryl methyl sites for hydroxylation is 1. The Morgan fingerprint density at radius 1 is 0.909 bits per heavy atom. The van der Waals surface area contributed by atoms with Gasteiger partial charge in [-0.05, 0) is 31.2 Å². The van der Waals surface area contributed by atoms with Gasteiger partial charge >= 0.3 is 0 Å². The van der Waals surface area contributed by atoms with Gasteiger partial charge in [0.25, 0.3) is 0 Å². The minimum Gasteiger partial charge on any atom is -0.340 e. The lowest BCUT2D eigenvalue weighted by atomic mass is 10.1. The molecule has 0 aromatic heterocycles. The predicted molar refractivity (Wildman–Crippen MR) is 123 cm³/mol. The zero-order valence-electron chi connectivity index (χ0n) is 18.4. The number of rotatable bonds is 5. The Balaban J connectivity index is 1.31. The fraction of sp³-hybridized carbons (Fsp3) is 0.348. The predicted octanol–water partition coefficient (Wildman–Crippen LogP) is 1.59. The highest BCUT2D eigenvalue weighted by molar-refractivity contribution is 7.89. The molecule has 0 spiro atoms. The zero-order valence-corrected chi connectivity index (χ0v) is 19.2. The van der Waals surface area contributed by atoms with Crippen molar-refractivity contribution in [3.63, 3.8) is 0 Å². The molecule has 0 radical (unpaired) electrons. The van der Waals surface area contributed by atoms with Crippen LogP contribution in [0.2, 0.25) is 0 Å². The molecule has 2 aromatic rings. The number of benzene rings is 2. The summed E-state index contributed by atoms with van der Waals surface area (Å²) in [6.45, 7) is 2.76. The molecule has 10 heteroatoms. The average Bonchev–Trinajstić information content (AvgIpc) is 2.82. The van der Waals surface area contributed by atoms with E-state index in [1.165, 1.54) is 9.21 Å². The Morgan fingerprint density at radius 3 is 2.24 bits per heavy atom. The van der Waals surface area contributed by atoms with Gasteiger partial charge < -0.3 is 15.1 Å². The minimum absolute atomic E-state index is 0.00380. The number of hydrogen-bond donors (Lipinski definition) is 1. The molecule has 3 amide bonds. The van der Waals surface area contributed by atoms with E-state index in [-0.39, 0.29) is 68.2 Å². The highest BCUT2D eigenvalue weighted by atomic mass is 32.2. The van der Waals surface area contributed by atoms with Crippen molar-refractivity contribution in [2.75, 3.05) is 42.9 Å². The van der Waals surface area contributed by atoms with Crippen molar-refractivity contribution in [3.8, 4) is 0 Å². The number of amides is 3. The molecule has 0 atom stereocenters. The first kappa shape index (κ1) is 22.9. The third-order valence-electron chi connectivity index (χ3n) is 5.87. The van der Waals surface area contributed by atoms with E-state index in [0.717, 1.165) is 5.56 Å². The molecule has 0 saturated carbocycles. The van der Waals surface area contributed by atoms with Crippen LogP contribution in [0.15, 0.2) is 53.4 Å². The average molecular weight is 471 g/mol. The topological polar surface area (TPSA) is 107 Å². The van der Waals surface area contributed by atoms with E-state index < -0.39 is 10.0 Å². The summed E-state index contributed by atoms with van der Waals surface area (Å²) in [4.78, 5) is 40.6. The van der Waals surface area contributed by atoms with E-state index >= 15 is 0 Å². The molecule has 2 heterocycles. The van der Waals surface area contributed by atoms with Gasteiger partial charge in [-0.2, -0.15) is 4.31 Å². The van der Waals surface area contributed by atoms with Crippen LogP contribution in [0.5, 0.6) is 0 Å². The lowest BCUT2D eigenvalue weighted by Crippen LogP contribution is -2.50. The molecular weight excluding hydrogens is 444 g/mol. The van der Waals surface area contributed by atoms with Gasteiger partial charge in [0.15, 0.2) is 0 Å². The summed E-state index contributed by atoms with van der Waals surface area (Å²) in [6, 6.07) is 13.7. The fourth-order valence-electron chi connectivity index (χ4n) is 4.00. The first-order valence-corrected chi connectivity index (χ1v) is 12.2. The van der Waals surface area contributed by atoms with Crippen LogP contribution in [0.4, 0.5) is 11.4 Å². The highest BCUT2D eigenvalue weighted by Crippen LogP contribution is 2.29. The summed E-state index contributed by atoms with van der Waals surface area (Å²) < 4.78 is 27.0. The lowest BCUT2D eigenvalue weighted by molar-refractivity contribution is -0.134. The van der Waals surface area contributed by atoms with E-state index in [9.17, 15) is 22.8 Å². The van der Waals surface area contributed by atoms with Crippen LogP contribution >= 0.6 is 0 Å². The molecule has 1 fully saturated rings. The fourth-order valence-corrected chi connectivity index (χ4v) is 5.42. The van der Waals surface area contributed by atoms with Crippen molar-refractivity contribution < 1.29 is 22.8 Å². The van der Waals surface area contributed by atoms with Gasteiger partial charge in [0.05, 0.1) is 16.3 Å². The van der Waals surface area contributed by atoms with Crippen LogP contribution in [-0.2, 0) is 24.4 Å². The summed E-state index contributed by atoms with van der Waals surface area (Å²) in [5.74, 6) is -0.781. The number of sulfonamides is 1. The Hall–Kier alpha value is -3.24. The Kier molecular flexibility index (Phi) is 6.48. The van der Waals surface area contributed by atoms with Crippen molar-refractivity contribution >= 4 is 39.1 Å². The highest BCUT2D eigenvalue weighted by Gasteiger charge is 2.31. The standard InChI is InChI=1S/C23H26N4O5S/c1-17-6-8-18(9-7-17)33(31,32)26-14-12-25(13-15-26)22(29)10-11-23(30)27-16-21(28)24-19-4-2-3-5-20(19)27/h2-9H,10-16H2,1H3,(H,24,28). The molecule has 0 aliphatic carbocycles. The molecule has 1 saturated heterocycles. The van der Waals surface area contributed by atoms with Crippen LogP contribution in [0.25, 0.3) is 0 Å². The Labute approximate surface area is 193 Å². The molecule has 2 aromatic carbocycles. The number of piperazine rings is 1. The third-order valence-corrected chi connectivity index (χ3v) is 7.79. The van der Waals surface area contributed by atoms with Gasteiger partial charge in [0.1, 0.15) is 6.54 Å². The second-order valence-electron chi connectivity index (χ2n) is 8.14. The van der Waals surface area contributed by atoms with Crippen LogP contribution in [0, 0.1) is 6.92 Å². The Morgan fingerprint density at radius 2 is 1.55 bits per heavy atom. The van der Waals surface area contributed by atoms with E-state index in [2.05, 4.69) is 5.32 Å². The van der Waals surface area contributed by atoms with Crippen LogP contribution in [0.3, 0.4) is 0 Å². The first-order chi connectivity index (χ1) is 15.8. The minimum atomic E-state index is -3.61. The lowest BCUT2D eigenvalue weighted by Gasteiger charge is -2.34. The quantitative estimate of drug-likeness (QED) is 0.714. The second kappa shape index (κ2) is 9.32. The molecule has 2 aliphatic heterocycles. The molecule has 2 aliphatic rings. The number of carbonyl (C=O) groups is 3. The summed E-state index contributed by atoms with van der Waals surface area (Å²) in [7, 11) is -3.61. The Bertz CT molecular complexity index is 1170. The summed E-state index contributed by atoms with van der Waals surface area (Å²) in [5.41, 5.74) is 2.16. The molecule has 33 heavy (non-hydrogen) atoms. The largest absolute Gasteiger partial charge is 0.340 e. The normalized spacial score (nSPS) is 16.8. The van der Waals surface area contributed by atoms with Crippen molar-refractivity contribution in [1.29, 1.82) is 0 Å². The second-order valence-corrected chi connectivity index (χ2v) is 10.1. The van der Waals surface area contributed by atoms with Crippen LogP contribution in [0.1, 0.15) is 18.4 Å². The van der Waals surface area contributed by atoms with Crippen molar-refractivity contribution in [2.45, 2.75) is 24.7 Å². The summed E-state index contributed by atoms with van der Waals surface area (Å²) in [5, 5.41) is 2.73. The van der Waals surface area contributed by atoms with Gasteiger partial charge in [0.2, 0.25) is 27.7 Å². The summed E-state index contributed by atoms with van der Waals surface area (Å²) >= 11 is 0. The molecule has 9 nitrogen and oxygen atoms in total. The molecular formula is C23H26N4O5S. The number of carbonyl (C=O) groups excluding carboxylic acids is 3. The summed E-state index contributed by atoms with van der Waals surface area (Å²) in [6.07, 6.45) is -0.0217. The maximum Gasteiger partial charge on any atom is 0.244 e. The zero-order chi connectivity index (χ0) is 23.6. The molecule has 4 rings (SSSR count). The van der Waals surface area contributed by atoms with Crippen molar-refractivity contribution in [1.82, 2.24) is 9.21 Å². The van der Waals surface area contributed by atoms with Crippen molar-refractivity contribution in [3.05, 3.63) is 54.1 Å². The number of anilines is 2. The monoisotopic (exact) mass is 470 g/mol. The smallest absolute Gasteiger partial charge is 0.244 e. The maximum absolute atomic E-state index is 12.8. The third kappa shape index (κ3) is 4.91. The first-order valence-electron chi connectivity index (χ1n) is 10.8. The van der Waals surface area contributed by atoms with E-state index in [1.807, 2.05) is 6.92 Å². The molecule has 0 unspecified atom stereocenters. The van der Waals surface area contributed by atoms with Crippen LogP contribution < -0.4 is 10.2 Å². The number of nitrogens with zero attached hydrogens (tertiary/aromatic N) is 3. The van der Waals surface area contributed by atoms with Crippen LogP contribution in [-0.4, -0.2) is 68.1 Å². The number of fused-ring (bicyclic) bond motifs is 1. The maximum atomic E-state index is 12.8. The number of nitrogens with one attached hydrogen (secondary N) is 1. The molecule has 174 valence electrons. The van der Waals surface area contributed by atoms with Gasteiger partial charge in [-0.15, -0.1) is 0 Å². The molecule has 0 bridgehead atoms. The van der Waals surface area contributed by atoms with E-state index in [1.54, 1.807) is 53.4 Å². The molecule has 1 N–H and O–H groups in total. The van der Waals surface area contributed by atoms with Gasteiger partial charge in [-0.25, -0.2) is 8.42 Å². The van der Waals surface area contributed by atoms with E-state index in [4.69, 9.17) is 0 Å².